The molecule has 0 bridgehead atoms. The molecule has 0 aliphatic carbocycles. The molecular formula is C87H161N7O17S. The number of carbonyl (C=O) groups excluding carboxylic acids is 11. The summed E-state index contributed by atoms with van der Waals surface area (Å²) in [7, 11) is 0. The van der Waals surface area contributed by atoms with Crippen molar-refractivity contribution in [1.29, 1.82) is 0 Å². The Morgan fingerprint density at radius 3 is 1.09 bits per heavy atom. The minimum absolute atomic E-state index is 0.00913. The number of unbranched alkanes of at least 4 members (excludes halogenated alkanes) is 34. The molecule has 112 heavy (non-hydrogen) atoms. The molecule has 0 rings (SSSR count). The molecule has 0 aromatic carbocycles. The highest BCUT2D eigenvalue weighted by Crippen LogP contribution is 2.22. The van der Waals surface area contributed by atoms with Crippen molar-refractivity contribution in [2.45, 2.75) is 452 Å². The summed E-state index contributed by atoms with van der Waals surface area (Å²) < 4.78 is 35.1. The second kappa shape index (κ2) is 63.6. The summed E-state index contributed by atoms with van der Waals surface area (Å²) in [6, 6.07) is -5.51. The average Bonchev–Trinajstić information content (AvgIpc) is 0.829. The van der Waals surface area contributed by atoms with Gasteiger partial charge in [-0.05, 0) is 123 Å². The van der Waals surface area contributed by atoms with Crippen LogP contribution in [0.2, 0.25) is 0 Å². The zero-order valence-corrected chi connectivity index (χ0v) is 74.1. The standard InChI is InChI=1S/C87H161N7O17S/c1-18-21-24-27-30-33-36-38-41-44-47-50-53-56-75(99)106-63-68(107-76(100)57-54-51-48-45-42-39-37-34-31-28-25-22-19-2)64-112-65-70(92-71(95)55-52-49-46-43-40-35-32-29-26-23-20-3)80(102)90-61-73(97)88-60-72(96)89-62-74(98)91-69(58-59-77(101)110-86(12,13)14)81(103)93-78(66(4)108-84(6,7)8)82(104)94-79(67(5)109-85(9,10)11)83(105)111-87(15,16)17/h66-70,78-79H,18-65H2,1-17H3,(H,88,97)(H,89,96)(H,90,102)(H,91,98)(H,92,95)(H,93,103)(H,94,104)/t66-,67-,68-,69+,70+,78+,79+/m1/s1. The Kier molecular flexibility index (Phi) is 60.5. The van der Waals surface area contributed by atoms with Crippen molar-refractivity contribution in [3.05, 3.63) is 0 Å². The van der Waals surface area contributed by atoms with Gasteiger partial charge in [-0.15, -0.1) is 0 Å². The van der Waals surface area contributed by atoms with Gasteiger partial charge in [-0.1, -0.05) is 239 Å². The summed E-state index contributed by atoms with van der Waals surface area (Å²) in [5.41, 5.74) is -3.43. The molecule has 0 aromatic heterocycles. The van der Waals surface area contributed by atoms with Gasteiger partial charge in [0.1, 0.15) is 42.0 Å². The molecule has 24 nitrogen and oxygen atoms in total. The van der Waals surface area contributed by atoms with Gasteiger partial charge >= 0.3 is 23.9 Å². The number of ether oxygens (including phenoxy) is 6. The summed E-state index contributed by atoms with van der Waals surface area (Å²) in [6.45, 7) is 28.3. The van der Waals surface area contributed by atoms with Crippen molar-refractivity contribution in [3.63, 3.8) is 0 Å². The largest absolute Gasteiger partial charge is 0.462 e. The van der Waals surface area contributed by atoms with Crippen LogP contribution in [0.3, 0.4) is 0 Å². The van der Waals surface area contributed by atoms with Gasteiger partial charge in [0.15, 0.2) is 6.04 Å². The van der Waals surface area contributed by atoms with Crippen LogP contribution in [0.4, 0.5) is 0 Å². The highest BCUT2D eigenvalue weighted by atomic mass is 32.2. The van der Waals surface area contributed by atoms with Gasteiger partial charge < -0.3 is 65.6 Å². The van der Waals surface area contributed by atoms with Crippen LogP contribution in [-0.2, 0) is 81.2 Å². The second-order valence-electron chi connectivity index (χ2n) is 34.6. The molecule has 0 saturated carbocycles. The normalized spacial score (nSPS) is 13.8. The maximum absolute atomic E-state index is 14.4. The SMILES string of the molecule is CCCCCCCCCCCCCCCC(=O)OC[C@H](CSC[C@H](NC(=O)CCCCCCCCCCCCC)C(=O)NCC(=O)NCC(=O)NCC(=O)N[C@@H](CCC(=O)OC(C)(C)C)C(=O)N[C@H](C(=O)N[C@H](C(=O)OC(C)(C)C)[C@@H](C)OC(C)(C)C)[C@@H](C)OC(C)(C)C)OC(=O)CCCCCCCCCCCCCCC. The van der Waals surface area contributed by atoms with Crippen LogP contribution in [0.25, 0.3) is 0 Å². The van der Waals surface area contributed by atoms with Crippen molar-refractivity contribution in [2.75, 3.05) is 37.7 Å². The van der Waals surface area contributed by atoms with Gasteiger partial charge in [-0.25, -0.2) is 4.79 Å². The van der Waals surface area contributed by atoms with Crippen LogP contribution in [0.5, 0.6) is 0 Å². The Labute approximate surface area is 682 Å². The Bertz CT molecular complexity index is 2600. The third-order valence-corrected chi connectivity index (χ3v) is 19.7. The number of hydrogen-bond donors (Lipinski definition) is 7. The molecule has 652 valence electrons. The predicted molar refractivity (Wildman–Crippen MR) is 448 cm³/mol. The van der Waals surface area contributed by atoms with Crippen molar-refractivity contribution >= 4 is 77.0 Å². The quantitative estimate of drug-likeness (QED) is 0.0169. The first-order valence-electron chi connectivity index (χ1n) is 43.6. The van der Waals surface area contributed by atoms with Gasteiger partial charge in [-0.2, -0.15) is 11.8 Å². The molecule has 0 spiro atoms. The molecule has 0 aromatic rings. The van der Waals surface area contributed by atoms with E-state index in [0.717, 1.165) is 64.2 Å². The maximum Gasteiger partial charge on any atom is 0.331 e. The minimum Gasteiger partial charge on any atom is -0.462 e. The van der Waals surface area contributed by atoms with Crippen molar-refractivity contribution in [1.82, 2.24) is 37.2 Å². The third kappa shape index (κ3) is 63.7. The monoisotopic (exact) mass is 1610 g/mol. The van der Waals surface area contributed by atoms with Crippen LogP contribution in [0.1, 0.15) is 387 Å². The molecule has 0 radical (unpaired) electrons. The van der Waals surface area contributed by atoms with Crippen molar-refractivity contribution in [2.24, 2.45) is 0 Å². The molecule has 7 atom stereocenters. The van der Waals surface area contributed by atoms with Gasteiger partial charge in [0.2, 0.25) is 41.4 Å². The molecular weight excluding hydrogens is 1450 g/mol. The molecule has 0 aliphatic rings. The van der Waals surface area contributed by atoms with E-state index in [1.807, 2.05) is 0 Å². The summed E-state index contributed by atoms with van der Waals surface area (Å²) in [6.07, 6.45) is 39.6. The van der Waals surface area contributed by atoms with Crippen molar-refractivity contribution in [3.8, 4) is 0 Å². The van der Waals surface area contributed by atoms with Crippen molar-refractivity contribution < 1.29 is 81.2 Å². The molecule has 7 amide bonds. The fraction of sp³-hybridized carbons (Fsp3) is 0.874. The number of thioether (sulfide) groups is 1. The van der Waals surface area contributed by atoms with E-state index in [-0.39, 0.29) is 62.1 Å². The molecule has 0 unspecified atom stereocenters. The summed E-state index contributed by atoms with van der Waals surface area (Å²) in [4.78, 5) is 150. The smallest absolute Gasteiger partial charge is 0.331 e. The Balaban J connectivity index is 6.38. The first-order valence-corrected chi connectivity index (χ1v) is 44.8. The Morgan fingerprint density at radius 1 is 0.321 bits per heavy atom. The fourth-order valence-electron chi connectivity index (χ4n) is 12.7. The first-order chi connectivity index (χ1) is 52.9. The van der Waals surface area contributed by atoms with E-state index in [0.29, 0.717) is 19.3 Å². The lowest BCUT2D eigenvalue weighted by Crippen LogP contribution is -2.62. The molecule has 0 heterocycles. The van der Waals surface area contributed by atoms with E-state index in [9.17, 15) is 52.7 Å². The Hall–Kier alpha value is -5.56. The number of rotatable bonds is 68. The van der Waals surface area contributed by atoms with E-state index in [4.69, 9.17) is 28.4 Å². The number of carbonyl (C=O) groups is 11. The highest BCUT2D eigenvalue weighted by molar-refractivity contribution is 7.99. The average molecular weight is 1610 g/mol. The van der Waals surface area contributed by atoms with Crippen LogP contribution >= 0.6 is 11.8 Å². The van der Waals surface area contributed by atoms with Gasteiger partial charge in [-0.3, -0.25) is 47.9 Å². The Morgan fingerprint density at radius 2 is 0.679 bits per heavy atom. The molecule has 7 N–H and O–H groups in total. The third-order valence-electron chi connectivity index (χ3n) is 18.5. The number of nitrogens with one attached hydrogen (secondary N) is 7. The van der Waals surface area contributed by atoms with Gasteiger partial charge in [0.05, 0.1) is 43.0 Å². The van der Waals surface area contributed by atoms with Crippen LogP contribution in [0, 0.1) is 0 Å². The predicted octanol–water partition coefficient (Wildman–Crippen LogP) is 16.0. The lowest BCUT2D eigenvalue weighted by atomic mass is 10.0. The van der Waals surface area contributed by atoms with E-state index >= 15 is 0 Å². The first kappa shape index (κ1) is 106. The summed E-state index contributed by atoms with van der Waals surface area (Å²) in [5.74, 6) is -7.43. The minimum atomic E-state index is -1.51. The number of amides is 7. The number of esters is 4. The zero-order valence-electron chi connectivity index (χ0n) is 73.3. The van der Waals surface area contributed by atoms with E-state index in [2.05, 4.69) is 58.0 Å². The molecule has 0 saturated heterocycles. The van der Waals surface area contributed by atoms with E-state index in [1.165, 1.54) is 166 Å². The lowest BCUT2D eigenvalue weighted by molar-refractivity contribution is -0.167. The van der Waals surface area contributed by atoms with E-state index in [1.54, 1.807) is 96.9 Å². The molecule has 0 aliphatic heterocycles. The van der Waals surface area contributed by atoms with E-state index < -0.39 is 138 Å². The lowest BCUT2D eigenvalue weighted by Gasteiger charge is -2.35. The molecule has 25 heteroatoms. The second-order valence-corrected chi connectivity index (χ2v) is 35.7. The van der Waals surface area contributed by atoms with Gasteiger partial charge in [0.25, 0.3) is 0 Å². The fourth-order valence-corrected chi connectivity index (χ4v) is 13.8. The summed E-state index contributed by atoms with van der Waals surface area (Å²) >= 11 is 1.23. The topological polar surface area (TPSA) is 327 Å². The highest BCUT2D eigenvalue weighted by Gasteiger charge is 2.40. The number of hydrogen-bond acceptors (Lipinski definition) is 18. The summed E-state index contributed by atoms with van der Waals surface area (Å²) in [5, 5.41) is 18.1. The maximum atomic E-state index is 14.4. The van der Waals surface area contributed by atoms with Gasteiger partial charge in [0, 0.05) is 37.2 Å². The van der Waals surface area contributed by atoms with Crippen LogP contribution < -0.4 is 37.2 Å². The molecule has 0 fully saturated rings. The van der Waals surface area contributed by atoms with Crippen LogP contribution in [-0.4, -0.2) is 168 Å². The van der Waals surface area contributed by atoms with Crippen LogP contribution in [0.15, 0.2) is 0 Å². The zero-order chi connectivity index (χ0) is 84.2.